The molecule has 0 aliphatic carbocycles. The second kappa shape index (κ2) is 8.91. The van der Waals surface area contributed by atoms with Crippen molar-refractivity contribution in [2.75, 3.05) is 13.2 Å². The molecule has 0 amide bonds. The SMILES string of the molecule is O=C(Cc1ccccc1)OCC(c1ccccc1Cl)N1CCc2ccsc2C1. The number of hydrogen-bond donors (Lipinski definition) is 0. The Balaban J connectivity index is 1.49. The highest BCUT2D eigenvalue weighted by molar-refractivity contribution is 7.10. The number of ether oxygens (including phenoxy) is 1. The minimum absolute atomic E-state index is 0.0522. The van der Waals surface area contributed by atoms with Crippen LogP contribution in [0, 0.1) is 0 Å². The van der Waals surface area contributed by atoms with Gasteiger partial charge in [0.1, 0.15) is 6.61 Å². The first kappa shape index (κ1) is 19.2. The fourth-order valence-corrected chi connectivity index (χ4v) is 4.86. The van der Waals surface area contributed by atoms with Gasteiger partial charge < -0.3 is 4.74 Å². The van der Waals surface area contributed by atoms with Crippen molar-refractivity contribution in [2.45, 2.75) is 25.4 Å². The molecular formula is C23H22ClNO2S. The third-order valence-corrected chi connectivity index (χ3v) is 6.44. The Morgan fingerprint density at radius 3 is 2.71 bits per heavy atom. The summed E-state index contributed by atoms with van der Waals surface area (Å²) in [7, 11) is 0. The van der Waals surface area contributed by atoms with Crippen molar-refractivity contribution in [1.29, 1.82) is 0 Å². The largest absolute Gasteiger partial charge is 0.463 e. The Morgan fingerprint density at radius 1 is 1.11 bits per heavy atom. The van der Waals surface area contributed by atoms with Gasteiger partial charge in [0.05, 0.1) is 12.5 Å². The van der Waals surface area contributed by atoms with Crippen molar-refractivity contribution in [1.82, 2.24) is 4.90 Å². The number of hydrogen-bond acceptors (Lipinski definition) is 4. The zero-order chi connectivity index (χ0) is 19.3. The molecule has 2 heterocycles. The first-order valence-electron chi connectivity index (χ1n) is 9.44. The quantitative estimate of drug-likeness (QED) is 0.516. The molecule has 28 heavy (non-hydrogen) atoms. The maximum absolute atomic E-state index is 12.4. The van der Waals surface area contributed by atoms with E-state index in [4.69, 9.17) is 16.3 Å². The van der Waals surface area contributed by atoms with E-state index in [1.165, 1.54) is 10.4 Å². The molecular weight excluding hydrogens is 390 g/mol. The number of rotatable bonds is 6. The molecule has 5 heteroatoms. The van der Waals surface area contributed by atoms with Crippen molar-refractivity contribution < 1.29 is 9.53 Å². The Bertz CT molecular complexity index is 941. The maximum Gasteiger partial charge on any atom is 0.310 e. The van der Waals surface area contributed by atoms with E-state index in [2.05, 4.69) is 16.3 Å². The number of thiophene rings is 1. The van der Waals surface area contributed by atoms with Crippen LogP contribution in [0.5, 0.6) is 0 Å². The van der Waals surface area contributed by atoms with Crippen molar-refractivity contribution in [3.63, 3.8) is 0 Å². The van der Waals surface area contributed by atoms with Gasteiger partial charge in [-0.05, 0) is 40.6 Å². The number of fused-ring (bicyclic) bond motifs is 1. The highest BCUT2D eigenvalue weighted by atomic mass is 35.5. The van der Waals surface area contributed by atoms with Gasteiger partial charge >= 0.3 is 5.97 Å². The summed E-state index contributed by atoms with van der Waals surface area (Å²) in [5.41, 5.74) is 3.40. The molecule has 4 rings (SSSR count). The average Bonchev–Trinajstić information content (AvgIpc) is 3.18. The van der Waals surface area contributed by atoms with Gasteiger partial charge in [-0.25, -0.2) is 0 Å². The zero-order valence-electron chi connectivity index (χ0n) is 15.5. The fourth-order valence-electron chi connectivity index (χ4n) is 3.64. The Labute approximate surface area is 174 Å². The van der Waals surface area contributed by atoms with E-state index in [0.717, 1.165) is 30.6 Å². The minimum Gasteiger partial charge on any atom is -0.463 e. The summed E-state index contributed by atoms with van der Waals surface area (Å²) in [6.07, 6.45) is 1.29. The number of carbonyl (C=O) groups excluding carboxylic acids is 1. The lowest BCUT2D eigenvalue weighted by atomic mass is 10.0. The van der Waals surface area contributed by atoms with E-state index in [1.54, 1.807) is 11.3 Å². The molecule has 2 aromatic carbocycles. The first-order chi connectivity index (χ1) is 13.7. The standard InChI is InChI=1S/C23H22ClNO2S/c24-20-9-5-4-8-19(20)21(25-12-10-18-11-13-28-22(18)15-25)16-27-23(26)14-17-6-2-1-3-7-17/h1-9,11,13,21H,10,12,14-16H2. The topological polar surface area (TPSA) is 29.5 Å². The summed E-state index contributed by atoms with van der Waals surface area (Å²) in [5.74, 6) is -0.211. The summed E-state index contributed by atoms with van der Waals surface area (Å²) in [6.45, 7) is 2.09. The molecule has 0 N–H and O–H groups in total. The van der Waals surface area contributed by atoms with Gasteiger partial charge in [-0.1, -0.05) is 60.1 Å². The fraction of sp³-hybridized carbons (Fsp3) is 0.261. The van der Waals surface area contributed by atoms with Gasteiger partial charge in [-0.15, -0.1) is 11.3 Å². The molecule has 0 saturated carbocycles. The van der Waals surface area contributed by atoms with Gasteiger partial charge in [0.2, 0.25) is 0 Å². The number of halogens is 1. The van der Waals surface area contributed by atoms with E-state index in [0.29, 0.717) is 11.6 Å². The number of benzene rings is 2. The zero-order valence-corrected chi connectivity index (χ0v) is 17.1. The molecule has 1 atom stereocenters. The van der Waals surface area contributed by atoms with Crippen molar-refractivity contribution in [3.05, 3.63) is 92.6 Å². The lowest BCUT2D eigenvalue weighted by Crippen LogP contribution is -2.36. The highest BCUT2D eigenvalue weighted by Gasteiger charge is 2.28. The van der Waals surface area contributed by atoms with Gasteiger partial charge in [0, 0.05) is 23.0 Å². The van der Waals surface area contributed by atoms with E-state index in [9.17, 15) is 4.79 Å². The predicted molar refractivity (Wildman–Crippen MR) is 114 cm³/mol. The molecule has 0 spiro atoms. The van der Waals surface area contributed by atoms with Crippen LogP contribution in [0.2, 0.25) is 5.02 Å². The van der Waals surface area contributed by atoms with E-state index in [1.807, 2.05) is 54.6 Å². The van der Waals surface area contributed by atoms with Gasteiger partial charge in [0.25, 0.3) is 0 Å². The lowest BCUT2D eigenvalue weighted by molar-refractivity contribution is -0.144. The van der Waals surface area contributed by atoms with Crippen molar-refractivity contribution in [2.24, 2.45) is 0 Å². The average molecular weight is 412 g/mol. The first-order valence-corrected chi connectivity index (χ1v) is 10.7. The minimum atomic E-state index is -0.211. The molecule has 1 aliphatic rings. The van der Waals surface area contributed by atoms with E-state index in [-0.39, 0.29) is 18.4 Å². The smallest absolute Gasteiger partial charge is 0.310 e. The van der Waals surface area contributed by atoms with Crippen LogP contribution in [0.3, 0.4) is 0 Å². The summed E-state index contributed by atoms with van der Waals surface area (Å²) >= 11 is 8.29. The second-order valence-electron chi connectivity index (χ2n) is 6.97. The summed E-state index contributed by atoms with van der Waals surface area (Å²) in [6, 6.07) is 19.7. The molecule has 0 fully saturated rings. The van der Waals surface area contributed by atoms with Gasteiger partial charge in [-0.2, -0.15) is 0 Å². The van der Waals surface area contributed by atoms with Crippen LogP contribution in [0.15, 0.2) is 66.0 Å². The summed E-state index contributed by atoms with van der Waals surface area (Å²) in [4.78, 5) is 16.2. The number of carbonyl (C=O) groups is 1. The van der Waals surface area contributed by atoms with Crippen LogP contribution in [0.25, 0.3) is 0 Å². The van der Waals surface area contributed by atoms with Gasteiger partial charge in [-0.3, -0.25) is 9.69 Å². The molecule has 0 bridgehead atoms. The second-order valence-corrected chi connectivity index (χ2v) is 8.38. The third-order valence-electron chi connectivity index (χ3n) is 5.15. The number of esters is 1. The monoisotopic (exact) mass is 411 g/mol. The van der Waals surface area contributed by atoms with Crippen LogP contribution < -0.4 is 0 Å². The predicted octanol–water partition coefficient (Wildman–Crippen LogP) is 5.29. The van der Waals surface area contributed by atoms with Gasteiger partial charge in [0.15, 0.2) is 0 Å². The van der Waals surface area contributed by atoms with Crippen LogP contribution >= 0.6 is 22.9 Å². The summed E-state index contributed by atoms with van der Waals surface area (Å²) < 4.78 is 5.70. The molecule has 144 valence electrons. The van der Waals surface area contributed by atoms with Crippen LogP contribution in [-0.2, 0) is 28.9 Å². The normalized spacial score (nSPS) is 15.0. The summed E-state index contributed by atoms with van der Waals surface area (Å²) in [5, 5.41) is 2.86. The Morgan fingerprint density at radius 2 is 1.89 bits per heavy atom. The van der Waals surface area contributed by atoms with Crippen LogP contribution in [0.4, 0.5) is 0 Å². The van der Waals surface area contributed by atoms with E-state index >= 15 is 0 Å². The Hall–Kier alpha value is -2.14. The lowest BCUT2D eigenvalue weighted by Gasteiger charge is -2.34. The van der Waals surface area contributed by atoms with E-state index < -0.39 is 0 Å². The maximum atomic E-state index is 12.4. The molecule has 0 saturated heterocycles. The number of nitrogens with zero attached hydrogens (tertiary/aromatic N) is 1. The van der Waals surface area contributed by atoms with Crippen molar-refractivity contribution >= 4 is 28.9 Å². The molecule has 1 unspecified atom stereocenters. The molecule has 1 aliphatic heterocycles. The van der Waals surface area contributed by atoms with Crippen molar-refractivity contribution in [3.8, 4) is 0 Å². The third kappa shape index (κ3) is 4.46. The van der Waals surface area contributed by atoms with Crippen LogP contribution in [0.1, 0.15) is 27.6 Å². The van der Waals surface area contributed by atoms with Crippen LogP contribution in [-0.4, -0.2) is 24.0 Å². The molecule has 1 aromatic heterocycles. The Kier molecular flexibility index (Phi) is 6.10. The molecule has 3 nitrogen and oxygen atoms in total. The molecule has 3 aromatic rings. The highest BCUT2D eigenvalue weighted by Crippen LogP contribution is 2.33. The molecule has 0 radical (unpaired) electrons.